The summed E-state index contributed by atoms with van der Waals surface area (Å²) in [5, 5.41) is 20.9. The summed E-state index contributed by atoms with van der Waals surface area (Å²) in [6.07, 6.45) is 1.98. The monoisotopic (exact) mass is 941 g/mol. The van der Waals surface area contributed by atoms with E-state index in [9.17, 15) is 33.9 Å². The number of hydrogen-bond acceptors (Lipinski definition) is 13. The van der Waals surface area contributed by atoms with Gasteiger partial charge in [-0.3, -0.25) is 28.8 Å². The second-order valence-corrected chi connectivity index (χ2v) is 20.0. The summed E-state index contributed by atoms with van der Waals surface area (Å²) in [6, 6.07) is 7.52. The van der Waals surface area contributed by atoms with Gasteiger partial charge >= 0.3 is 0 Å². The zero-order valence-electron chi connectivity index (χ0n) is 39.4. The molecule has 67 heavy (non-hydrogen) atoms. The van der Waals surface area contributed by atoms with Crippen LogP contribution in [0.1, 0.15) is 93.5 Å². The van der Waals surface area contributed by atoms with Crippen molar-refractivity contribution in [2.45, 2.75) is 123 Å². The number of carbonyl (C=O) groups excluding carboxylic acids is 6. The summed E-state index contributed by atoms with van der Waals surface area (Å²) in [4.78, 5) is 92.6. The number of aliphatic hydroxyl groups excluding tert-OH is 1. The van der Waals surface area contributed by atoms with E-state index in [0.29, 0.717) is 74.1 Å². The molecule has 19 heteroatoms. The van der Waals surface area contributed by atoms with Gasteiger partial charge in [0.25, 0.3) is 5.91 Å². The van der Waals surface area contributed by atoms with Gasteiger partial charge in [0.1, 0.15) is 29.9 Å². The van der Waals surface area contributed by atoms with Crippen LogP contribution in [0, 0.1) is 19.3 Å². The van der Waals surface area contributed by atoms with Crippen LogP contribution in [0.25, 0.3) is 21.4 Å². The Balaban J connectivity index is 0.942. The number of benzene rings is 2. The fourth-order valence-electron chi connectivity index (χ4n) is 9.36. The number of nitrogens with two attached hydrogens (primary N) is 1. The molecule has 0 unspecified atom stereocenters. The van der Waals surface area contributed by atoms with E-state index in [1.165, 1.54) is 23.2 Å². The fraction of sp³-hybridized carbons (Fsp3) is 0.542. The number of β-amino-alcohol motifs (C(OH)–C–C–N with tert-alkyl or cyclic N) is 1. The molecule has 4 aromatic rings. The summed E-state index contributed by atoms with van der Waals surface area (Å²) < 4.78 is 11.8. The number of aliphatic hydroxyl groups is 1. The maximum absolute atomic E-state index is 13.9. The first-order valence-electron chi connectivity index (χ1n) is 23.0. The summed E-state index contributed by atoms with van der Waals surface area (Å²) in [5.41, 5.74) is 11.7. The number of thiazole rings is 1. The second-order valence-electron chi connectivity index (χ2n) is 19.2. The highest BCUT2D eigenvalue weighted by Gasteiger charge is 2.46. The first kappa shape index (κ1) is 49.0. The number of rotatable bonds is 14. The third-order valence-electron chi connectivity index (χ3n) is 13.0. The molecule has 6 amide bonds. The van der Waals surface area contributed by atoms with E-state index in [0.717, 1.165) is 21.7 Å². The quantitative estimate of drug-likeness (QED) is 0.133. The molecule has 7 rings (SSSR count). The van der Waals surface area contributed by atoms with E-state index in [1.54, 1.807) is 33.3 Å². The van der Waals surface area contributed by atoms with Crippen LogP contribution in [0.5, 0.6) is 5.75 Å². The van der Waals surface area contributed by atoms with Crippen LogP contribution in [0.2, 0.25) is 0 Å². The van der Waals surface area contributed by atoms with Crippen molar-refractivity contribution in [2.75, 3.05) is 39.8 Å². The van der Waals surface area contributed by atoms with Gasteiger partial charge in [0, 0.05) is 64.7 Å². The van der Waals surface area contributed by atoms with Crippen LogP contribution in [-0.2, 0) is 30.5 Å². The number of likely N-dealkylation sites (N-methyl/N-ethyl adjacent to an activating group) is 1. The number of aromatic nitrogens is 2. The van der Waals surface area contributed by atoms with Gasteiger partial charge in [-0.25, -0.2) is 4.98 Å². The normalized spacial score (nSPS) is 21.4. The molecule has 0 saturated carbocycles. The van der Waals surface area contributed by atoms with Crippen molar-refractivity contribution in [2.24, 2.45) is 11.1 Å². The summed E-state index contributed by atoms with van der Waals surface area (Å²) in [5.74, 6) is -1.54. The number of carbonyl (C=O) groups is 6. The third-order valence-corrected chi connectivity index (χ3v) is 14.0. The van der Waals surface area contributed by atoms with Gasteiger partial charge in [0.15, 0.2) is 11.3 Å². The Bertz CT molecular complexity index is 2500. The average molecular weight is 942 g/mol. The largest absolute Gasteiger partial charge is 0.493 e. The molecule has 2 aromatic heterocycles. The lowest BCUT2D eigenvalue weighted by Gasteiger charge is -2.38. The number of hydrogen-bond donors (Lipinski definition) is 4. The minimum atomic E-state index is -1.02. The Morgan fingerprint density at radius 3 is 2.54 bits per heavy atom. The number of nitrogens with zero attached hydrogens (tertiary/aromatic N) is 6. The number of unbranched alkanes of at least 4 members (excludes halogenated alkanes) is 1. The molecule has 3 fully saturated rings. The molecular weight excluding hydrogens is 879 g/mol. The van der Waals surface area contributed by atoms with Crippen LogP contribution in [-0.4, -0.2) is 146 Å². The van der Waals surface area contributed by atoms with Gasteiger partial charge in [0.05, 0.1) is 34.2 Å². The van der Waals surface area contributed by atoms with Gasteiger partial charge in [-0.1, -0.05) is 49.7 Å². The van der Waals surface area contributed by atoms with Gasteiger partial charge < -0.3 is 50.3 Å². The number of nitrogens with one attached hydrogen (secondary N) is 2. The topological polar surface area (TPSA) is 234 Å². The highest BCUT2D eigenvalue weighted by Crippen LogP contribution is 2.34. The van der Waals surface area contributed by atoms with E-state index in [-0.39, 0.29) is 61.4 Å². The predicted octanol–water partition coefficient (Wildman–Crippen LogP) is 3.55. The molecule has 3 aliphatic rings. The van der Waals surface area contributed by atoms with Crippen molar-refractivity contribution in [3.8, 4) is 16.2 Å². The highest BCUT2D eigenvalue weighted by atomic mass is 32.1. The zero-order chi connectivity index (χ0) is 48.3. The van der Waals surface area contributed by atoms with Crippen molar-refractivity contribution in [1.82, 2.24) is 40.4 Å². The lowest BCUT2D eigenvalue weighted by molar-refractivity contribution is -0.146. The van der Waals surface area contributed by atoms with Crippen molar-refractivity contribution >= 4 is 57.7 Å². The predicted molar refractivity (Wildman–Crippen MR) is 251 cm³/mol. The molecule has 360 valence electrons. The van der Waals surface area contributed by atoms with Crippen molar-refractivity contribution < 1.29 is 43.1 Å². The van der Waals surface area contributed by atoms with Crippen molar-refractivity contribution in [1.29, 1.82) is 0 Å². The SMILES string of the molecule is CC(=O)N[C@H](C(=O)N1C[C@H](O)C[C@H]1C(=O)NCc1ccc(-c2scnc2C)cc1OCCCCN(C)C(=O)[C@@H]1CC[C@@H]2CCN(C(=O)c3noc4ccc(C)cc34)C[C@H](N)C(=O)N21)C(C)(C)C. The van der Waals surface area contributed by atoms with Gasteiger partial charge in [-0.2, -0.15) is 0 Å². The standard InChI is InChI=1S/C48H63N9O9S/c1-27-10-15-38-34(20-27)40(53-66-38)46(63)55-18-16-32-13-14-36(57(32)44(61)35(49)25-55)45(62)54(7)17-8-9-19-65-39-21-30(41-28(2)51-26-67-41)11-12-31(39)23-50-43(60)37-22-33(59)24-56(37)47(64)42(48(4,5)6)52-29(3)58/h10-12,15,20-21,26,32-33,35-37,42,59H,8-9,13-14,16-19,22-25,49H2,1-7H3,(H,50,60)(H,52,58)/t32-,33-,35+,36+,37+,42-/m1/s1. The Hall–Kier alpha value is -5.92. The molecule has 5 heterocycles. The molecule has 5 N–H and O–H groups in total. The van der Waals surface area contributed by atoms with Gasteiger partial charge in [-0.05, 0) is 75.1 Å². The van der Waals surface area contributed by atoms with Gasteiger partial charge in [-0.15, -0.1) is 11.3 Å². The lowest BCUT2D eigenvalue weighted by atomic mass is 9.85. The zero-order valence-corrected chi connectivity index (χ0v) is 40.2. The average Bonchev–Trinajstić information content (AvgIpc) is 4.10. The molecule has 0 spiro atoms. The second kappa shape index (κ2) is 20.5. The lowest BCUT2D eigenvalue weighted by Crippen LogP contribution is -2.59. The molecule has 6 atom stereocenters. The number of ether oxygens (including phenoxy) is 1. The maximum atomic E-state index is 13.9. The molecular formula is C48H63N9O9S. The minimum Gasteiger partial charge on any atom is -0.493 e. The van der Waals surface area contributed by atoms with Crippen LogP contribution in [0.15, 0.2) is 46.4 Å². The first-order valence-corrected chi connectivity index (χ1v) is 23.9. The Kier molecular flexibility index (Phi) is 15.0. The van der Waals surface area contributed by atoms with E-state index >= 15 is 0 Å². The Morgan fingerprint density at radius 1 is 1.04 bits per heavy atom. The van der Waals surface area contributed by atoms with E-state index < -0.39 is 47.5 Å². The van der Waals surface area contributed by atoms with Gasteiger partial charge in [0.2, 0.25) is 29.5 Å². The van der Waals surface area contributed by atoms with E-state index in [1.807, 2.05) is 65.0 Å². The van der Waals surface area contributed by atoms with E-state index in [4.69, 9.17) is 15.0 Å². The van der Waals surface area contributed by atoms with Crippen LogP contribution < -0.4 is 21.1 Å². The summed E-state index contributed by atoms with van der Waals surface area (Å²) in [6.45, 7) is 11.8. The molecule has 0 radical (unpaired) electrons. The first-order chi connectivity index (χ1) is 31.8. The Labute approximate surface area is 394 Å². The summed E-state index contributed by atoms with van der Waals surface area (Å²) >= 11 is 1.51. The molecule has 2 aromatic carbocycles. The molecule has 3 saturated heterocycles. The third kappa shape index (κ3) is 10.9. The van der Waals surface area contributed by atoms with Crippen LogP contribution in [0.4, 0.5) is 0 Å². The maximum Gasteiger partial charge on any atom is 0.276 e. The molecule has 0 bridgehead atoms. The molecule has 3 aliphatic heterocycles. The summed E-state index contributed by atoms with van der Waals surface area (Å²) in [7, 11) is 1.73. The van der Waals surface area contributed by atoms with Crippen molar-refractivity contribution in [3.63, 3.8) is 0 Å². The number of fused-ring (bicyclic) bond motifs is 2. The number of aryl methyl sites for hydroxylation is 2. The van der Waals surface area contributed by atoms with Crippen LogP contribution >= 0.6 is 11.3 Å². The van der Waals surface area contributed by atoms with Crippen molar-refractivity contribution in [3.05, 3.63) is 64.4 Å². The number of likely N-dealkylation sites (tertiary alicyclic amines) is 1. The highest BCUT2D eigenvalue weighted by molar-refractivity contribution is 7.13. The molecule has 0 aliphatic carbocycles. The van der Waals surface area contributed by atoms with Crippen LogP contribution in [0.3, 0.4) is 0 Å². The number of amides is 6. The fourth-order valence-corrected chi connectivity index (χ4v) is 10.2. The van der Waals surface area contributed by atoms with E-state index in [2.05, 4.69) is 20.8 Å². The minimum absolute atomic E-state index is 0.0119. The Morgan fingerprint density at radius 2 is 1.82 bits per heavy atom. The molecule has 18 nitrogen and oxygen atoms in total. The smallest absolute Gasteiger partial charge is 0.276 e.